The molecule has 4 heteroatoms. The fraction of sp³-hybridized carbons (Fsp3) is 0.0667. The highest BCUT2D eigenvalue weighted by atomic mass is 16.4. The van der Waals surface area contributed by atoms with E-state index in [2.05, 4.69) is 9.97 Å². The van der Waals surface area contributed by atoms with Crippen molar-refractivity contribution in [1.82, 2.24) is 9.97 Å². The number of aromatic nitrogens is 2. The lowest BCUT2D eigenvalue weighted by Gasteiger charge is -2.06. The van der Waals surface area contributed by atoms with Crippen LogP contribution in [0.5, 0.6) is 0 Å². The third-order valence-electron chi connectivity index (χ3n) is 3.14. The van der Waals surface area contributed by atoms with Gasteiger partial charge in [0.25, 0.3) is 0 Å². The van der Waals surface area contributed by atoms with Gasteiger partial charge in [-0.25, -0.2) is 9.78 Å². The van der Waals surface area contributed by atoms with Gasteiger partial charge in [0.2, 0.25) is 0 Å². The van der Waals surface area contributed by atoms with Crippen LogP contribution in [0.15, 0.2) is 42.6 Å². The van der Waals surface area contributed by atoms with Gasteiger partial charge < -0.3 is 10.1 Å². The van der Waals surface area contributed by atoms with Crippen molar-refractivity contribution in [3.63, 3.8) is 0 Å². The number of H-pyrrole nitrogens is 1. The molecule has 0 aliphatic rings. The van der Waals surface area contributed by atoms with Crippen LogP contribution in [0.3, 0.4) is 0 Å². The summed E-state index contributed by atoms with van der Waals surface area (Å²) in [6.45, 7) is 1.97. The molecule has 0 amide bonds. The van der Waals surface area contributed by atoms with E-state index in [0.29, 0.717) is 5.65 Å². The van der Waals surface area contributed by atoms with Gasteiger partial charge >= 0.3 is 5.97 Å². The average Bonchev–Trinajstić information content (AvgIpc) is 2.83. The summed E-state index contributed by atoms with van der Waals surface area (Å²) in [6, 6.07) is 11.5. The highest BCUT2D eigenvalue weighted by Gasteiger charge is 2.14. The number of nitrogens with one attached hydrogen (secondary N) is 1. The first kappa shape index (κ1) is 11.5. The molecule has 94 valence electrons. The molecule has 19 heavy (non-hydrogen) atoms. The van der Waals surface area contributed by atoms with Gasteiger partial charge in [-0.05, 0) is 29.7 Å². The van der Waals surface area contributed by atoms with Crippen molar-refractivity contribution in [2.45, 2.75) is 6.92 Å². The van der Waals surface area contributed by atoms with E-state index in [1.807, 2.05) is 37.3 Å². The predicted molar refractivity (Wildman–Crippen MR) is 73.2 cm³/mol. The Hall–Kier alpha value is -2.62. The normalized spacial score (nSPS) is 10.8. The number of rotatable bonds is 2. The summed E-state index contributed by atoms with van der Waals surface area (Å²) in [4.78, 5) is 18.1. The Balaban J connectivity index is 2.34. The van der Waals surface area contributed by atoms with Crippen LogP contribution in [0.25, 0.3) is 22.2 Å². The van der Waals surface area contributed by atoms with Crippen LogP contribution < -0.4 is 0 Å². The molecule has 3 aromatic rings. The Morgan fingerprint density at radius 2 is 2.00 bits per heavy atom. The SMILES string of the molecule is Cc1cnc2[nH]c(C(=O)O)cc2c1-c1ccccc1. The quantitative estimate of drug-likeness (QED) is 0.735. The van der Waals surface area contributed by atoms with E-state index in [1.54, 1.807) is 12.3 Å². The molecule has 2 heterocycles. The molecule has 0 unspecified atom stereocenters. The van der Waals surface area contributed by atoms with Gasteiger partial charge in [0, 0.05) is 11.6 Å². The number of hydrogen-bond acceptors (Lipinski definition) is 2. The largest absolute Gasteiger partial charge is 0.477 e. The third-order valence-corrected chi connectivity index (χ3v) is 3.14. The van der Waals surface area contributed by atoms with Crippen molar-refractivity contribution in [3.8, 4) is 11.1 Å². The van der Waals surface area contributed by atoms with Crippen molar-refractivity contribution in [3.05, 3.63) is 53.9 Å². The van der Waals surface area contributed by atoms with Crippen molar-refractivity contribution in [2.75, 3.05) is 0 Å². The number of aromatic carboxylic acids is 1. The number of carboxylic acid groups (broad SMARTS) is 1. The maximum absolute atomic E-state index is 11.0. The number of carbonyl (C=O) groups is 1. The van der Waals surface area contributed by atoms with Crippen LogP contribution in [0, 0.1) is 6.92 Å². The molecule has 0 radical (unpaired) electrons. The molecule has 1 aromatic carbocycles. The Bertz CT molecular complexity index is 760. The van der Waals surface area contributed by atoms with Crippen LogP contribution in [0.2, 0.25) is 0 Å². The zero-order valence-electron chi connectivity index (χ0n) is 10.3. The lowest BCUT2D eigenvalue weighted by atomic mass is 9.99. The van der Waals surface area contributed by atoms with E-state index in [1.165, 1.54) is 0 Å². The van der Waals surface area contributed by atoms with Crippen LogP contribution in [-0.4, -0.2) is 21.0 Å². The first-order valence-electron chi connectivity index (χ1n) is 5.94. The maximum atomic E-state index is 11.0. The number of benzene rings is 1. The number of pyridine rings is 1. The van der Waals surface area contributed by atoms with Crippen molar-refractivity contribution >= 4 is 17.0 Å². The van der Waals surface area contributed by atoms with Crippen LogP contribution in [0.1, 0.15) is 16.1 Å². The van der Waals surface area contributed by atoms with Crippen LogP contribution in [-0.2, 0) is 0 Å². The molecule has 3 rings (SSSR count). The van der Waals surface area contributed by atoms with E-state index in [4.69, 9.17) is 5.11 Å². The number of aryl methyl sites for hydroxylation is 1. The first-order chi connectivity index (χ1) is 9.16. The van der Waals surface area contributed by atoms with E-state index < -0.39 is 5.97 Å². The summed E-state index contributed by atoms with van der Waals surface area (Å²) in [5, 5.41) is 9.89. The van der Waals surface area contributed by atoms with E-state index in [9.17, 15) is 4.79 Å². The highest BCUT2D eigenvalue weighted by molar-refractivity contribution is 6.00. The molecule has 0 fully saturated rings. The van der Waals surface area contributed by atoms with Crippen molar-refractivity contribution < 1.29 is 9.90 Å². The molecule has 0 saturated heterocycles. The molecule has 2 aromatic heterocycles. The zero-order chi connectivity index (χ0) is 13.4. The predicted octanol–water partition coefficient (Wildman–Crippen LogP) is 3.24. The van der Waals surface area contributed by atoms with E-state index in [-0.39, 0.29) is 5.69 Å². The van der Waals surface area contributed by atoms with E-state index in [0.717, 1.165) is 22.1 Å². The van der Waals surface area contributed by atoms with Crippen molar-refractivity contribution in [1.29, 1.82) is 0 Å². The molecular formula is C15H12N2O2. The highest BCUT2D eigenvalue weighted by Crippen LogP contribution is 2.31. The van der Waals surface area contributed by atoms with Crippen LogP contribution in [0.4, 0.5) is 0 Å². The molecule has 0 aliphatic carbocycles. The molecular weight excluding hydrogens is 240 g/mol. The first-order valence-corrected chi connectivity index (χ1v) is 5.94. The fourth-order valence-electron chi connectivity index (χ4n) is 2.28. The van der Waals surface area contributed by atoms with Gasteiger partial charge in [0.1, 0.15) is 11.3 Å². The van der Waals surface area contributed by atoms with Gasteiger partial charge in [0.15, 0.2) is 0 Å². The minimum Gasteiger partial charge on any atom is -0.477 e. The molecule has 0 aliphatic heterocycles. The van der Waals surface area contributed by atoms with Gasteiger partial charge in [-0.1, -0.05) is 30.3 Å². The second kappa shape index (κ2) is 4.24. The Morgan fingerprint density at radius 1 is 1.26 bits per heavy atom. The van der Waals surface area contributed by atoms with Crippen LogP contribution >= 0.6 is 0 Å². The minimum atomic E-state index is -0.977. The molecule has 0 saturated carbocycles. The standard InChI is InChI=1S/C15H12N2O2/c1-9-8-16-14-11(7-12(17-14)15(18)19)13(9)10-5-3-2-4-6-10/h2-8H,1H3,(H,16,17)(H,18,19). The lowest BCUT2D eigenvalue weighted by molar-refractivity contribution is 0.0691. The lowest BCUT2D eigenvalue weighted by Crippen LogP contribution is -1.94. The summed E-state index contributed by atoms with van der Waals surface area (Å²) in [7, 11) is 0. The Morgan fingerprint density at radius 3 is 2.68 bits per heavy atom. The van der Waals surface area contributed by atoms with Gasteiger partial charge in [0.05, 0.1) is 0 Å². The average molecular weight is 252 g/mol. The Labute approximate surface area is 109 Å². The number of carboxylic acids is 1. The molecule has 0 spiro atoms. The summed E-state index contributed by atoms with van der Waals surface area (Å²) in [6.07, 6.45) is 1.76. The minimum absolute atomic E-state index is 0.158. The maximum Gasteiger partial charge on any atom is 0.352 e. The summed E-state index contributed by atoms with van der Waals surface area (Å²) < 4.78 is 0. The van der Waals surface area contributed by atoms with Crippen molar-refractivity contribution in [2.24, 2.45) is 0 Å². The summed E-state index contributed by atoms with van der Waals surface area (Å²) in [5.74, 6) is -0.977. The number of fused-ring (bicyclic) bond motifs is 1. The Kier molecular flexibility index (Phi) is 2.56. The smallest absolute Gasteiger partial charge is 0.352 e. The van der Waals surface area contributed by atoms with Gasteiger partial charge in [-0.3, -0.25) is 0 Å². The second-order valence-corrected chi connectivity index (χ2v) is 4.43. The topological polar surface area (TPSA) is 66.0 Å². The number of hydrogen-bond donors (Lipinski definition) is 2. The number of aromatic amines is 1. The monoisotopic (exact) mass is 252 g/mol. The molecule has 2 N–H and O–H groups in total. The van der Waals surface area contributed by atoms with Gasteiger partial charge in [-0.15, -0.1) is 0 Å². The molecule has 0 atom stereocenters. The third kappa shape index (κ3) is 1.87. The molecule has 0 bridgehead atoms. The molecule has 4 nitrogen and oxygen atoms in total. The summed E-state index contributed by atoms with van der Waals surface area (Å²) >= 11 is 0. The number of nitrogens with zero attached hydrogens (tertiary/aromatic N) is 1. The zero-order valence-corrected chi connectivity index (χ0v) is 10.3. The fourth-order valence-corrected chi connectivity index (χ4v) is 2.28. The van der Waals surface area contributed by atoms with E-state index >= 15 is 0 Å². The van der Waals surface area contributed by atoms with Gasteiger partial charge in [-0.2, -0.15) is 0 Å². The second-order valence-electron chi connectivity index (χ2n) is 4.43. The summed E-state index contributed by atoms with van der Waals surface area (Å²) in [5.41, 5.74) is 3.86.